The van der Waals surface area contributed by atoms with E-state index in [4.69, 9.17) is 5.11 Å². The normalized spacial score (nSPS) is 12.1. The molecular weight excluding hydrogens is 226 g/mol. The van der Waals surface area contributed by atoms with Crippen molar-refractivity contribution >= 4 is 17.4 Å². The molecule has 6 heteroatoms. The Balaban J connectivity index is 2.10. The highest BCUT2D eigenvalue weighted by Gasteiger charge is 2.05. The second-order valence-electron chi connectivity index (χ2n) is 3.54. The Morgan fingerprint density at radius 3 is 3.12 bits per heavy atom. The van der Waals surface area contributed by atoms with Crippen molar-refractivity contribution in [3.63, 3.8) is 0 Å². The number of carbonyl (C=O) groups excluding carboxylic acids is 1. The number of aliphatic hydroxyl groups is 1. The van der Waals surface area contributed by atoms with Gasteiger partial charge in [-0.15, -0.1) is 11.3 Å². The van der Waals surface area contributed by atoms with Crippen LogP contribution < -0.4 is 10.6 Å². The quantitative estimate of drug-likeness (QED) is 0.690. The molecule has 0 aliphatic heterocycles. The third-order valence-corrected chi connectivity index (χ3v) is 2.73. The van der Waals surface area contributed by atoms with Crippen LogP contribution in [0.2, 0.25) is 0 Å². The fourth-order valence-corrected chi connectivity index (χ4v) is 1.80. The van der Waals surface area contributed by atoms with Gasteiger partial charge < -0.3 is 15.7 Å². The minimum Gasteiger partial charge on any atom is -0.396 e. The summed E-state index contributed by atoms with van der Waals surface area (Å²) < 4.78 is 0. The van der Waals surface area contributed by atoms with Crippen LogP contribution in [-0.2, 0) is 6.42 Å². The highest BCUT2D eigenvalue weighted by molar-refractivity contribution is 7.07. The van der Waals surface area contributed by atoms with Gasteiger partial charge >= 0.3 is 6.03 Å². The molecule has 0 bridgehead atoms. The van der Waals surface area contributed by atoms with Crippen molar-refractivity contribution in [2.24, 2.45) is 0 Å². The maximum atomic E-state index is 11.3. The molecule has 0 aromatic carbocycles. The molecule has 0 fully saturated rings. The van der Waals surface area contributed by atoms with E-state index in [0.29, 0.717) is 13.0 Å². The van der Waals surface area contributed by atoms with Crippen LogP contribution in [0.25, 0.3) is 0 Å². The van der Waals surface area contributed by atoms with Crippen molar-refractivity contribution in [1.82, 2.24) is 15.6 Å². The molecule has 0 spiro atoms. The van der Waals surface area contributed by atoms with Crippen LogP contribution in [0.3, 0.4) is 0 Å². The largest absolute Gasteiger partial charge is 0.396 e. The summed E-state index contributed by atoms with van der Waals surface area (Å²) >= 11 is 1.55. The molecule has 0 aliphatic carbocycles. The van der Waals surface area contributed by atoms with Gasteiger partial charge in [-0.05, 0) is 13.3 Å². The van der Waals surface area contributed by atoms with E-state index in [1.165, 1.54) is 0 Å². The molecule has 0 radical (unpaired) electrons. The number of carbonyl (C=O) groups is 1. The molecule has 1 atom stereocenters. The number of rotatable bonds is 6. The van der Waals surface area contributed by atoms with Crippen molar-refractivity contribution in [2.45, 2.75) is 25.8 Å². The summed E-state index contributed by atoms with van der Waals surface area (Å²) in [5, 5.41) is 16.1. The molecule has 90 valence electrons. The lowest BCUT2D eigenvalue weighted by molar-refractivity contribution is 0.231. The zero-order valence-electron chi connectivity index (χ0n) is 9.27. The van der Waals surface area contributed by atoms with Crippen LogP contribution in [0.15, 0.2) is 10.9 Å². The lowest BCUT2D eigenvalue weighted by atomic mass is 10.2. The Kier molecular flexibility index (Phi) is 5.81. The summed E-state index contributed by atoms with van der Waals surface area (Å²) in [5.41, 5.74) is 2.77. The molecule has 1 aromatic heterocycles. The number of aromatic nitrogens is 1. The zero-order valence-corrected chi connectivity index (χ0v) is 10.1. The molecule has 3 N–H and O–H groups in total. The molecule has 1 rings (SSSR count). The van der Waals surface area contributed by atoms with E-state index >= 15 is 0 Å². The van der Waals surface area contributed by atoms with Gasteiger partial charge in [0, 0.05) is 31.0 Å². The minimum absolute atomic E-state index is 0.00993. The Morgan fingerprint density at radius 2 is 2.50 bits per heavy atom. The molecule has 1 heterocycles. The number of amides is 2. The third kappa shape index (κ3) is 5.09. The van der Waals surface area contributed by atoms with Gasteiger partial charge in [-0.1, -0.05) is 0 Å². The fourth-order valence-electron chi connectivity index (χ4n) is 1.21. The van der Waals surface area contributed by atoms with Crippen molar-refractivity contribution in [3.8, 4) is 0 Å². The highest BCUT2D eigenvalue weighted by atomic mass is 32.1. The molecule has 0 aliphatic rings. The van der Waals surface area contributed by atoms with Crippen LogP contribution in [0.4, 0.5) is 4.79 Å². The first-order valence-electron chi connectivity index (χ1n) is 5.24. The average molecular weight is 243 g/mol. The van der Waals surface area contributed by atoms with E-state index in [1.807, 2.05) is 12.3 Å². The molecule has 0 unspecified atom stereocenters. The average Bonchev–Trinajstić information content (AvgIpc) is 2.70. The number of hydrogen-bond acceptors (Lipinski definition) is 4. The van der Waals surface area contributed by atoms with Crippen LogP contribution >= 0.6 is 11.3 Å². The number of hydrogen-bond donors (Lipinski definition) is 3. The third-order valence-electron chi connectivity index (χ3n) is 2.09. The van der Waals surface area contributed by atoms with Crippen molar-refractivity contribution < 1.29 is 9.90 Å². The molecule has 0 saturated heterocycles. The van der Waals surface area contributed by atoms with Crippen molar-refractivity contribution in [2.75, 3.05) is 13.2 Å². The minimum atomic E-state index is -0.198. The van der Waals surface area contributed by atoms with Crippen LogP contribution in [0.1, 0.15) is 19.0 Å². The summed E-state index contributed by atoms with van der Waals surface area (Å²) in [5.74, 6) is 0. The Hall–Kier alpha value is -1.14. The summed E-state index contributed by atoms with van der Waals surface area (Å²) in [6, 6.07) is -0.208. The molecule has 16 heavy (non-hydrogen) atoms. The van der Waals surface area contributed by atoms with E-state index in [0.717, 1.165) is 12.1 Å². The van der Waals surface area contributed by atoms with Gasteiger partial charge in [0.2, 0.25) is 0 Å². The van der Waals surface area contributed by atoms with Crippen LogP contribution in [0, 0.1) is 0 Å². The zero-order chi connectivity index (χ0) is 11.8. The van der Waals surface area contributed by atoms with Gasteiger partial charge in [-0.25, -0.2) is 9.78 Å². The standard InChI is InChI=1S/C10H17N3O2S/c1-8(3-5-14)13-10(15)11-4-2-9-6-16-7-12-9/h6-8,14H,2-5H2,1H3,(H2,11,13,15)/t8-/m1/s1. The topological polar surface area (TPSA) is 74.2 Å². The van der Waals surface area contributed by atoms with Gasteiger partial charge in [0.15, 0.2) is 0 Å². The number of thiazole rings is 1. The number of nitrogens with one attached hydrogen (secondary N) is 2. The first kappa shape index (κ1) is 12.9. The van der Waals surface area contributed by atoms with E-state index < -0.39 is 0 Å². The summed E-state index contributed by atoms with van der Waals surface area (Å²) in [6.07, 6.45) is 1.31. The van der Waals surface area contributed by atoms with Gasteiger partial charge in [0.1, 0.15) is 0 Å². The van der Waals surface area contributed by atoms with Crippen molar-refractivity contribution in [3.05, 3.63) is 16.6 Å². The lowest BCUT2D eigenvalue weighted by Crippen LogP contribution is -2.41. The Labute approximate surface area is 98.9 Å². The monoisotopic (exact) mass is 243 g/mol. The predicted molar refractivity (Wildman–Crippen MR) is 63.5 cm³/mol. The number of aliphatic hydroxyl groups excluding tert-OH is 1. The smallest absolute Gasteiger partial charge is 0.315 e. The second kappa shape index (κ2) is 7.19. The number of nitrogens with zero attached hydrogens (tertiary/aromatic N) is 1. The Bertz CT molecular complexity index is 303. The highest BCUT2D eigenvalue weighted by Crippen LogP contribution is 2.00. The summed E-state index contributed by atoms with van der Waals surface area (Å²) in [4.78, 5) is 15.5. The first-order chi connectivity index (χ1) is 7.72. The first-order valence-corrected chi connectivity index (χ1v) is 6.19. The summed E-state index contributed by atoms with van der Waals surface area (Å²) in [6.45, 7) is 2.51. The van der Waals surface area contributed by atoms with E-state index in [2.05, 4.69) is 15.6 Å². The van der Waals surface area contributed by atoms with Crippen molar-refractivity contribution in [1.29, 1.82) is 0 Å². The van der Waals surface area contributed by atoms with E-state index in [1.54, 1.807) is 16.8 Å². The maximum Gasteiger partial charge on any atom is 0.315 e. The Morgan fingerprint density at radius 1 is 1.69 bits per heavy atom. The number of urea groups is 1. The molecule has 1 aromatic rings. The van der Waals surface area contributed by atoms with Gasteiger partial charge in [0.05, 0.1) is 11.2 Å². The predicted octanol–water partition coefficient (Wildman–Crippen LogP) is 0.756. The van der Waals surface area contributed by atoms with E-state index in [9.17, 15) is 4.79 Å². The van der Waals surface area contributed by atoms with Gasteiger partial charge in [-0.2, -0.15) is 0 Å². The second-order valence-corrected chi connectivity index (χ2v) is 4.26. The molecule has 0 saturated carbocycles. The fraction of sp³-hybridized carbons (Fsp3) is 0.600. The molecule has 5 nitrogen and oxygen atoms in total. The molecule has 2 amide bonds. The lowest BCUT2D eigenvalue weighted by Gasteiger charge is -2.12. The SMILES string of the molecule is C[C@H](CCO)NC(=O)NCCc1cscn1. The maximum absolute atomic E-state index is 11.3. The molecular formula is C10H17N3O2S. The van der Waals surface area contributed by atoms with Crippen LogP contribution in [0.5, 0.6) is 0 Å². The van der Waals surface area contributed by atoms with Gasteiger partial charge in [0.25, 0.3) is 0 Å². The summed E-state index contributed by atoms with van der Waals surface area (Å²) in [7, 11) is 0. The van der Waals surface area contributed by atoms with E-state index in [-0.39, 0.29) is 18.7 Å². The van der Waals surface area contributed by atoms with Crippen LogP contribution in [-0.4, -0.2) is 35.3 Å². The van der Waals surface area contributed by atoms with Gasteiger partial charge in [-0.3, -0.25) is 0 Å².